The predicted molar refractivity (Wildman–Crippen MR) is 152 cm³/mol. The molecule has 0 spiro atoms. The molecule has 6 nitrogen and oxygen atoms in total. The van der Waals surface area contributed by atoms with Gasteiger partial charge in [0.25, 0.3) is 0 Å². The Kier molecular flexibility index (Phi) is 9.12. The lowest BCUT2D eigenvalue weighted by Crippen LogP contribution is -2.38. The quantitative estimate of drug-likeness (QED) is 0.0727. The monoisotopic (exact) mass is 615 g/mol. The highest BCUT2D eigenvalue weighted by molar-refractivity contribution is 14.1. The summed E-state index contributed by atoms with van der Waals surface area (Å²) < 4.78 is 25.8. The van der Waals surface area contributed by atoms with Crippen LogP contribution in [0.1, 0.15) is 46.7 Å². The fraction of sp³-hybridized carbons (Fsp3) is 0.286. The van der Waals surface area contributed by atoms with E-state index in [1.54, 1.807) is 6.33 Å². The number of halogens is 1. The number of nitrogens with zero attached hydrogens (tertiary/aromatic N) is 3. The number of alkyl halides is 1. The molecule has 0 N–H and O–H groups in total. The number of hydrogen-bond acceptors (Lipinski definition) is 5. The normalized spacial score (nSPS) is 13.0. The summed E-state index contributed by atoms with van der Waals surface area (Å²) in [6.07, 6.45) is 2.70. The topological polar surface area (TPSA) is 66.2 Å². The molecule has 0 radical (unpaired) electrons. The highest BCUT2D eigenvalue weighted by Gasteiger charge is 2.40. The van der Waals surface area contributed by atoms with Crippen LogP contribution in [-0.4, -0.2) is 34.1 Å². The summed E-state index contributed by atoms with van der Waals surface area (Å²) in [5.74, 6) is 0.683. The van der Waals surface area contributed by atoms with E-state index >= 15 is 0 Å². The van der Waals surface area contributed by atoms with Gasteiger partial charge in [-0.05, 0) is 37.0 Å². The van der Waals surface area contributed by atoms with Crippen LogP contribution in [0.5, 0.6) is 0 Å². The second-order valence-corrected chi connectivity index (χ2v) is 12.0. The molecule has 1 aromatic heterocycles. The Morgan fingerprint density at radius 2 is 1.28 bits per heavy atom. The summed E-state index contributed by atoms with van der Waals surface area (Å²) in [4.78, 5) is 4.72. The van der Waals surface area contributed by atoms with Crippen LogP contribution in [0.2, 0.25) is 0 Å². The van der Waals surface area contributed by atoms with Crippen LogP contribution < -0.4 is 0 Å². The third-order valence-electron chi connectivity index (χ3n) is 6.02. The van der Waals surface area contributed by atoms with Gasteiger partial charge in [0.15, 0.2) is 5.82 Å². The molecule has 4 aromatic rings. The van der Waals surface area contributed by atoms with Crippen molar-refractivity contribution >= 4 is 30.2 Å². The summed E-state index contributed by atoms with van der Waals surface area (Å²) >= 11 is 2.32. The molecular weight excluding hydrogens is 584 g/mol. The first-order chi connectivity index (χ1) is 17.5. The Morgan fingerprint density at radius 1 is 0.833 bits per heavy atom. The summed E-state index contributed by atoms with van der Waals surface area (Å²) in [5.41, 5.74) is 2.54. The van der Waals surface area contributed by atoms with Crippen LogP contribution in [0.15, 0.2) is 97.3 Å². The minimum atomic E-state index is -3.13. The molecule has 188 valence electrons. The van der Waals surface area contributed by atoms with Crippen LogP contribution in [0.4, 0.5) is 0 Å². The fourth-order valence-electron chi connectivity index (χ4n) is 4.48. The number of aromatic nitrogens is 3. The molecule has 0 bridgehead atoms. The molecule has 1 unspecified atom stereocenters. The molecule has 3 aromatic carbocycles. The van der Waals surface area contributed by atoms with Crippen LogP contribution in [-0.2, 0) is 19.2 Å². The van der Waals surface area contributed by atoms with E-state index in [4.69, 9.17) is 19.1 Å². The van der Waals surface area contributed by atoms with Gasteiger partial charge in [-0.3, -0.25) is 4.57 Å². The van der Waals surface area contributed by atoms with E-state index in [1.165, 1.54) is 0 Å². The van der Waals surface area contributed by atoms with Crippen molar-refractivity contribution in [2.24, 2.45) is 0 Å². The van der Waals surface area contributed by atoms with Crippen molar-refractivity contribution in [1.29, 1.82) is 0 Å². The highest BCUT2D eigenvalue weighted by atomic mass is 127. The molecule has 0 saturated carbocycles. The Hall–Kier alpha value is -2.32. The van der Waals surface area contributed by atoms with Gasteiger partial charge >= 0.3 is 7.60 Å². The van der Waals surface area contributed by atoms with Crippen LogP contribution in [0, 0.1) is 0 Å². The van der Waals surface area contributed by atoms with E-state index in [2.05, 4.69) is 59.0 Å². The molecule has 1 atom stereocenters. The minimum Gasteiger partial charge on any atom is -0.309 e. The Labute approximate surface area is 226 Å². The lowest BCUT2D eigenvalue weighted by Gasteiger charge is -2.35. The molecule has 0 saturated heterocycles. The molecule has 0 aliphatic rings. The van der Waals surface area contributed by atoms with Crippen LogP contribution >= 0.6 is 30.2 Å². The van der Waals surface area contributed by atoms with Gasteiger partial charge in [-0.25, -0.2) is 9.67 Å². The molecule has 8 heteroatoms. The smallest absolute Gasteiger partial charge is 0.309 e. The molecular formula is C28H31IN3O3P. The molecule has 4 rings (SSSR count). The third-order valence-corrected chi connectivity index (χ3v) is 9.31. The largest absolute Gasteiger partial charge is 0.330 e. The summed E-state index contributed by atoms with van der Waals surface area (Å²) in [7, 11) is -3.13. The molecule has 0 fully saturated rings. The van der Waals surface area contributed by atoms with Crippen LogP contribution in [0.25, 0.3) is 0 Å². The van der Waals surface area contributed by atoms with Gasteiger partial charge in [0.05, 0.1) is 23.3 Å². The highest BCUT2D eigenvalue weighted by Crippen LogP contribution is 2.50. The van der Waals surface area contributed by atoms with E-state index in [0.717, 1.165) is 16.7 Å². The predicted octanol–water partition coefficient (Wildman–Crippen LogP) is 7.25. The lowest BCUT2D eigenvalue weighted by atomic mass is 9.77. The Morgan fingerprint density at radius 3 is 1.69 bits per heavy atom. The van der Waals surface area contributed by atoms with E-state index in [0.29, 0.717) is 31.6 Å². The Balaban J connectivity index is 1.77. The second kappa shape index (κ2) is 12.3. The third kappa shape index (κ3) is 5.65. The van der Waals surface area contributed by atoms with Crippen molar-refractivity contribution in [3.63, 3.8) is 0 Å². The van der Waals surface area contributed by atoms with Crippen LogP contribution in [0.3, 0.4) is 0 Å². The average Bonchev–Trinajstić information content (AvgIpc) is 3.41. The average molecular weight is 615 g/mol. The Bertz CT molecular complexity index is 1160. The standard InChI is InChI=1S/C28H31IN3O3P/c1-3-34-36(33,35-4-2)21-20-26(29)27-30-22-32(31-27)28(23-14-8-5-9-15-23,24-16-10-6-11-17-24)25-18-12-7-13-19-25/h5-19,22,26H,3-4,20-21H2,1-2H3. The zero-order valence-corrected chi connectivity index (χ0v) is 23.6. The van der Waals surface area contributed by atoms with Gasteiger partial charge in [-0.1, -0.05) is 114 Å². The molecule has 0 aliphatic heterocycles. The number of hydrogen-bond donors (Lipinski definition) is 0. The first-order valence-corrected chi connectivity index (χ1v) is 15.1. The van der Waals surface area contributed by atoms with E-state index < -0.39 is 13.1 Å². The fourth-order valence-corrected chi connectivity index (χ4v) is 7.26. The van der Waals surface area contributed by atoms with Gasteiger partial charge in [0.2, 0.25) is 0 Å². The minimum absolute atomic E-state index is 0.0573. The van der Waals surface area contributed by atoms with Crippen molar-refractivity contribution in [3.8, 4) is 0 Å². The zero-order chi connectivity index (χ0) is 25.4. The summed E-state index contributed by atoms with van der Waals surface area (Å²) in [5, 5.41) is 5.03. The summed E-state index contributed by atoms with van der Waals surface area (Å²) in [6, 6.07) is 31.1. The lowest BCUT2D eigenvalue weighted by molar-refractivity contribution is 0.220. The SMILES string of the molecule is CCOP(=O)(CCC(I)c1ncn(C(c2ccccc2)(c2ccccc2)c2ccccc2)n1)OCC. The maximum Gasteiger partial charge on any atom is 0.330 e. The number of benzene rings is 3. The summed E-state index contributed by atoms with van der Waals surface area (Å²) in [6.45, 7) is 4.35. The maximum absolute atomic E-state index is 13.0. The van der Waals surface area contributed by atoms with Crippen molar-refractivity contribution in [2.45, 2.75) is 29.7 Å². The first kappa shape index (κ1) is 26.7. The van der Waals surface area contributed by atoms with Crippen molar-refractivity contribution in [3.05, 3.63) is 120 Å². The van der Waals surface area contributed by atoms with Gasteiger partial charge in [0, 0.05) is 0 Å². The van der Waals surface area contributed by atoms with Crippen molar-refractivity contribution < 1.29 is 13.6 Å². The van der Waals surface area contributed by atoms with Gasteiger partial charge in [-0.15, -0.1) is 0 Å². The zero-order valence-electron chi connectivity index (χ0n) is 20.5. The van der Waals surface area contributed by atoms with Gasteiger partial charge in [0.1, 0.15) is 11.9 Å². The van der Waals surface area contributed by atoms with E-state index in [9.17, 15) is 4.57 Å². The maximum atomic E-state index is 13.0. The number of rotatable bonds is 12. The van der Waals surface area contributed by atoms with Gasteiger partial charge < -0.3 is 9.05 Å². The van der Waals surface area contributed by atoms with E-state index in [1.807, 2.05) is 73.1 Å². The first-order valence-electron chi connectivity index (χ1n) is 12.1. The van der Waals surface area contributed by atoms with Gasteiger partial charge in [-0.2, -0.15) is 5.10 Å². The molecule has 36 heavy (non-hydrogen) atoms. The van der Waals surface area contributed by atoms with Crippen molar-refractivity contribution in [2.75, 3.05) is 19.4 Å². The van der Waals surface area contributed by atoms with E-state index in [-0.39, 0.29) is 3.92 Å². The second-order valence-electron chi connectivity index (χ2n) is 8.28. The van der Waals surface area contributed by atoms with Crippen molar-refractivity contribution in [1.82, 2.24) is 14.8 Å². The molecule has 1 heterocycles. The molecule has 0 aliphatic carbocycles. The molecule has 0 amide bonds.